The van der Waals surface area contributed by atoms with E-state index in [9.17, 15) is 4.79 Å². The Bertz CT molecular complexity index is 627. The third-order valence-corrected chi connectivity index (χ3v) is 4.55. The standard InChI is InChI=1S/C20H22NO2/c1-23-13-12-21-14-18(16-8-4-2-5-9-16)19(15-21)20(22)17-10-6-3-7-11-17/h2-10,18-19H,12-15H2,1H3/t18-,19+/m0/s1. The van der Waals surface area contributed by atoms with Crippen molar-refractivity contribution in [3.63, 3.8) is 0 Å². The zero-order valence-electron chi connectivity index (χ0n) is 13.4. The van der Waals surface area contributed by atoms with Crippen LogP contribution in [0.5, 0.6) is 0 Å². The second-order valence-corrected chi connectivity index (χ2v) is 6.02. The molecule has 0 bridgehead atoms. The summed E-state index contributed by atoms with van der Waals surface area (Å²) in [4.78, 5) is 15.3. The molecule has 0 aliphatic carbocycles. The van der Waals surface area contributed by atoms with Gasteiger partial charge in [-0.25, -0.2) is 0 Å². The largest absolute Gasteiger partial charge is 0.383 e. The molecule has 0 amide bonds. The van der Waals surface area contributed by atoms with E-state index in [4.69, 9.17) is 4.74 Å². The van der Waals surface area contributed by atoms with Crippen molar-refractivity contribution >= 4 is 5.78 Å². The fraction of sp³-hybridized carbons (Fsp3) is 0.350. The predicted octanol–water partition coefficient (Wildman–Crippen LogP) is 3.03. The highest BCUT2D eigenvalue weighted by Crippen LogP contribution is 2.34. The van der Waals surface area contributed by atoms with Gasteiger partial charge in [-0.2, -0.15) is 0 Å². The number of rotatable bonds is 6. The third kappa shape index (κ3) is 3.69. The lowest BCUT2D eigenvalue weighted by Crippen LogP contribution is -2.26. The number of benzene rings is 2. The number of hydrogen-bond donors (Lipinski definition) is 0. The highest BCUT2D eigenvalue weighted by Gasteiger charge is 2.38. The zero-order valence-corrected chi connectivity index (χ0v) is 13.4. The van der Waals surface area contributed by atoms with Gasteiger partial charge in [-0.05, 0) is 11.6 Å². The van der Waals surface area contributed by atoms with Crippen LogP contribution in [0, 0.1) is 12.0 Å². The van der Waals surface area contributed by atoms with E-state index in [1.807, 2.05) is 42.5 Å². The minimum atomic E-state index is -0.0205. The first-order chi connectivity index (χ1) is 11.3. The van der Waals surface area contributed by atoms with Crippen LogP contribution in [0.3, 0.4) is 0 Å². The van der Waals surface area contributed by atoms with Crippen LogP contribution in [-0.4, -0.2) is 44.0 Å². The highest BCUT2D eigenvalue weighted by atomic mass is 16.5. The fourth-order valence-electron chi connectivity index (χ4n) is 3.34. The van der Waals surface area contributed by atoms with E-state index in [2.05, 4.69) is 23.1 Å². The van der Waals surface area contributed by atoms with Crippen LogP contribution >= 0.6 is 0 Å². The summed E-state index contributed by atoms with van der Waals surface area (Å²) in [5.74, 6) is 0.404. The number of nitrogens with zero attached hydrogens (tertiary/aromatic N) is 1. The zero-order chi connectivity index (χ0) is 16.1. The lowest BCUT2D eigenvalue weighted by molar-refractivity contribution is 0.0909. The molecular formula is C20H22NO2. The lowest BCUT2D eigenvalue weighted by Gasteiger charge is -2.17. The molecule has 2 atom stereocenters. The van der Waals surface area contributed by atoms with Gasteiger partial charge in [-0.1, -0.05) is 54.6 Å². The molecule has 2 aromatic carbocycles. The van der Waals surface area contributed by atoms with Gasteiger partial charge in [0.25, 0.3) is 0 Å². The summed E-state index contributed by atoms with van der Waals surface area (Å²) in [6.07, 6.45) is 0. The molecule has 0 N–H and O–H groups in total. The van der Waals surface area contributed by atoms with E-state index >= 15 is 0 Å². The molecule has 1 heterocycles. The summed E-state index contributed by atoms with van der Waals surface area (Å²) in [6.45, 7) is 3.24. The molecule has 23 heavy (non-hydrogen) atoms. The molecular weight excluding hydrogens is 286 g/mol. The van der Waals surface area contributed by atoms with Gasteiger partial charge in [0.15, 0.2) is 5.78 Å². The number of methoxy groups -OCH3 is 1. The van der Waals surface area contributed by atoms with Crippen LogP contribution in [0.2, 0.25) is 0 Å². The van der Waals surface area contributed by atoms with Gasteiger partial charge in [0.1, 0.15) is 0 Å². The minimum absolute atomic E-state index is 0.0205. The maximum absolute atomic E-state index is 13.0. The summed E-state index contributed by atoms with van der Waals surface area (Å²) >= 11 is 0. The van der Waals surface area contributed by atoms with Crippen molar-refractivity contribution in [2.75, 3.05) is 33.4 Å². The summed E-state index contributed by atoms with van der Waals surface area (Å²) in [5.41, 5.74) is 1.92. The minimum Gasteiger partial charge on any atom is -0.383 e. The van der Waals surface area contributed by atoms with Crippen LogP contribution in [0.15, 0.2) is 54.6 Å². The van der Waals surface area contributed by atoms with Crippen molar-refractivity contribution in [3.05, 3.63) is 71.8 Å². The quantitative estimate of drug-likeness (QED) is 0.768. The normalized spacial score (nSPS) is 21.4. The molecule has 0 spiro atoms. The van der Waals surface area contributed by atoms with Crippen molar-refractivity contribution in [3.8, 4) is 0 Å². The molecule has 1 aliphatic heterocycles. The molecule has 0 saturated carbocycles. The van der Waals surface area contributed by atoms with Gasteiger partial charge in [-0.15, -0.1) is 0 Å². The fourth-order valence-corrected chi connectivity index (χ4v) is 3.34. The first kappa shape index (κ1) is 15.9. The highest BCUT2D eigenvalue weighted by molar-refractivity contribution is 5.98. The van der Waals surface area contributed by atoms with Gasteiger partial charge in [-0.3, -0.25) is 9.69 Å². The second kappa shape index (κ2) is 7.53. The number of Topliss-reactive ketones (excluding diaryl/α,β-unsaturated/α-hetero) is 1. The number of carbonyl (C=O) groups is 1. The third-order valence-electron chi connectivity index (χ3n) is 4.55. The predicted molar refractivity (Wildman–Crippen MR) is 90.6 cm³/mol. The van der Waals surface area contributed by atoms with Crippen LogP contribution in [0.4, 0.5) is 0 Å². The summed E-state index contributed by atoms with van der Waals surface area (Å²) in [7, 11) is 1.71. The van der Waals surface area contributed by atoms with Crippen molar-refractivity contribution < 1.29 is 9.53 Å². The first-order valence-corrected chi connectivity index (χ1v) is 8.06. The molecule has 3 rings (SSSR count). The van der Waals surface area contributed by atoms with E-state index in [1.54, 1.807) is 7.11 Å². The Labute approximate surface area is 137 Å². The Kier molecular flexibility index (Phi) is 5.21. The molecule has 2 aromatic rings. The monoisotopic (exact) mass is 308 g/mol. The van der Waals surface area contributed by atoms with Crippen molar-refractivity contribution in [2.45, 2.75) is 5.92 Å². The molecule has 1 fully saturated rings. The molecule has 119 valence electrons. The van der Waals surface area contributed by atoms with Gasteiger partial charge < -0.3 is 4.74 Å². The molecule has 1 radical (unpaired) electrons. The summed E-state index contributed by atoms with van der Waals surface area (Å²) in [5, 5.41) is 0. The number of ether oxygens (including phenoxy) is 1. The number of hydrogen-bond acceptors (Lipinski definition) is 3. The van der Waals surface area contributed by atoms with Gasteiger partial charge >= 0.3 is 0 Å². The van der Waals surface area contributed by atoms with Crippen LogP contribution in [0.1, 0.15) is 21.8 Å². The number of likely N-dealkylation sites (tertiary alicyclic amines) is 1. The smallest absolute Gasteiger partial charge is 0.168 e. The average Bonchev–Trinajstić information content (AvgIpc) is 3.05. The number of carbonyl (C=O) groups excluding carboxylic acids is 1. The SMILES string of the molecule is COCCN1C[C@@H](C(=O)c2[c]cccc2)[C@H](c2ccccc2)C1. The number of ketones is 1. The molecule has 3 heteroatoms. The molecule has 0 aromatic heterocycles. The maximum Gasteiger partial charge on any atom is 0.168 e. The van der Waals surface area contributed by atoms with Crippen molar-refractivity contribution in [1.29, 1.82) is 0 Å². The molecule has 1 saturated heterocycles. The van der Waals surface area contributed by atoms with E-state index in [0.717, 1.165) is 19.6 Å². The average molecular weight is 308 g/mol. The van der Waals surface area contributed by atoms with Gasteiger partial charge in [0.2, 0.25) is 0 Å². The maximum atomic E-state index is 13.0. The van der Waals surface area contributed by atoms with Crippen LogP contribution in [0.25, 0.3) is 0 Å². The van der Waals surface area contributed by atoms with E-state index in [0.29, 0.717) is 12.2 Å². The molecule has 1 aliphatic rings. The van der Waals surface area contributed by atoms with E-state index in [1.165, 1.54) is 5.56 Å². The van der Waals surface area contributed by atoms with Crippen molar-refractivity contribution in [1.82, 2.24) is 4.90 Å². The Morgan fingerprint density at radius 3 is 2.65 bits per heavy atom. The van der Waals surface area contributed by atoms with Gasteiger partial charge in [0, 0.05) is 44.1 Å². The lowest BCUT2D eigenvalue weighted by atomic mass is 9.84. The van der Waals surface area contributed by atoms with Gasteiger partial charge in [0.05, 0.1) is 6.61 Å². The Balaban J connectivity index is 1.84. The Morgan fingerprint density at radius 1 is 1.17 bits per heavy atom. The van der Waals surface area contributed by atoms with E-state index in [-0.39, 0.29) is 17.6 Å². The van der Waals surface area contributed by atoms with Crippen LogP contribution < -0.4 is 0 Å². The summed E-state index contributed by atoms with van der Waals surface area (Å²) < 4.78 is 5.19. The second-order valence-electron chi connectivity index (χ2n) is 6.02. The van der Waals surface area contributed by atoms with Crippen LogP contribution in [-0.2, 0) is 4.74 Å². The van der Waals surface area contributed by atoms with E-state index < -0.39 is 0 Å². The molecule has 0 unspecified atom stereocenters. The molecule has 3 nitrogen and oxygen atoms in total. The Morgan fingerprint density at radius 2 is 1.96 bits per heavy atom. The topological polar surface area (TPSA) is 29.5 Å². The summed E-state index contributed by atoms with van der Waals surface area (Å²) in [6, 6.07) is 20.9. The van der Waals surface area contributed by atoms with Crippen molar-refractivity contribution in [2.24, 2.45) is 5.92 Å². The Hall–Kier alpha value is -1.97. The first-order valence-electron chi connectivity index (χ1n) is 8.06.